The molecular weight excluding hydrogens is 232 g/mol. The molecule has 0 bridgehead atoms. The molecule has 2 rings (SSSR count). The fourth-order valence-corrected chi connectivity index (χ4v) is 2.97. The van der Waals surface area contributed by atoms with Gasteiger partial charge in [0.1, 0.15) is 0 Å². The summed E-state index contributed by atoms with van der Waals surface area (Å²) in [4.78, 5) is 11.4. The lowest BCUT2D eigenvalue weighted by molar-refractivity contribution is -0.136. The van der Waals surface area contributed by atoms with E-state index in [4.69, 9.17) is 16.7 Å². The molecule has 0 aliphatic rings. The van der Waals surface area contributed by atoms with Crippen molar-refractivity contribution in [1.82, 2.24) is 0 Å². The largest absolute Gasteiger partial charge is 0.481 e. The number of halogens is 1. The van der Waals surface area contributed by atoms with Crippen LogP contribution in [0, 0.1) is 0 Å². The summed E-state index contributed by atoms with van der Waals surface area (Å²) in [5.41, 5.74) is 0. The highest BCUT2D eigenvalue weighted by molar-refractivity contribution is 7.19. The van der Waals surface area contributed by atoms with Crippen LogP contribution in [0.3, 0.4) is 0 Å². The number of hydrogen-bond donors (Lipinski definition) is 1. The van der Waals surface area contributed by atoms with Crippen molar-refractivity contribution in [2.45, 2.75) is 12.8 Å². The van der Waals surface area contributed by atoms with Gasteiger partial charge in [0.2, 0.25) is 0 Å². The van der Waals surface area contributed by atoms with Crippen molar-refractivity contribution in [2.24, 2.45) is 0 Å². The lowest BCUT2D eigenvalue weighted by Crippen LogP contribution is -1.95. The normalized spacial score (nSPS) is 10.7. The van der Waals surface area contributed by atoms with Crippen molar-refractivity contribution in [2.75, 3.05) is 0 Å². The molecular formula is C11H9ClO2S. The first-order chi connectivity index (χ1) is 7.18. The molecule has 0 saturated heterocycles. The van der Waals surface area contributed by atoms with E-state index in [2.05, 4.69) is 0 Å². The number of hydrogen-bond acceptors (Lipinski definition) is 2. The minimum absolute atomic E-state index is 0.131. The van der Waals surface area contributed by atoms with Crippen LogP contribution in [0.25, 0.3) is 10.1 Å². The quantitative estimate of drug-likeness (QED) is 0.891. The van der Waals surface area contributed by atoms with Crippen LogP contribution >= 0.6 is 22.9 Å². The molecule has 1 aromatic heterocycles. The first kappa shape index (κ1) is 10.5. The standard InChI is InChI=1S/C11H9ClO2S/c12-11-7-3-1-2-4-8(7)15-9(11)5-6-10(13)14/h1-4H,5-6H2,(H,13,14). The molecule has 1 N–H and O–H groups in total. The molecule has 0 fully saturated rings. The van der Waals surface area contributed by atoms with Crippen LogP contribution < -0.4 is 0 Å². The minimum atomic E-state index is -0.788. The fourth-order valence-electron chi connectivity index (χ4n) is 1.45. The number of fused-ring (bicyclic) bond motifs is 1. The highest BCUT2D eigenvalue weighted by Gasteiger charge is 2.10. The summed E-state index contributed by atoms with van der Waals surface area (Å²) in [6.07, 6.45) is 0.639. The van der Waals surface area contributed by atoms with Crippen molar-refractivity contribution in [3.63, 3.8) is 0 Å². The van der Waals surface area contributed by atoms with Crippen LogP contribution in [-0.4, -0.2) is 11.1 Å². The molecule has 4 heteroatoms. The van der Waals surface area contributed by atoms with Gasteiger partial charge in [-0.2, -0.15) is 0 Å². The Bertz CT molecular complexity index is 504. The Kier molecular flexibility index (Phi) is 2.93. The third kappa shape index (κ3) is 2.13. The molecule has 1 heterocycles. The monoisotopic (exact) mass is 240 g/mol. The van der Waals surface area contributed by atoms with Gasteiger partial charge in [-0.05, 0) is 12.5 Å². The average molecular weight is 241 g/mol. The second kappa shape index (κ2) is 4.21. The number of aliphatic carboxylic acids is 1. The molecule has 78 valence electrons. The highest BCUT2D eigenvalue weighted by Crippen LogP contribution is 2.35. The zero-order valence-corrected chi connectivity index (χ0v) is 9.44. The second-order valence-corrected chi connectivity index (χ2v) is 4.74. The van der Waals surface area contributed by atoms with E-state index in [1.165, 1.54) is 0 Å². The fraction of sp³-hybridized carbons (Fsp3) is 0.182. The van der Waals surface area contributed by atoms with Crippen molar-refractivity contribution < 1.29 is 9.90 Å². The third-order valence-corrected chi connectivity index (χ3v) is 3.94. The smallest absolute Gasteiger partial charge is 0.303 e. The predicted molar refractivity (Wildman–Crippen MR) is 62.8 cm³/mol. The van der Waals surface area contributed by atoms with Crippen LogP contribution in [0.1, 0.15) is 11.3 Å². The SMILES string of the molecule is O=C(O)CCc1sc2ccccc2c1Cl. The molecule has 0 aliphatic carbocycles. The summed E-state index contributed by atoms with van der Waals surface area (Å²) in [6, 6.07) is 7.84. The summed E-state index contributed by atoms with van der Waals surface area (Å²) in [5.74, 6) is -0.788. The lowest BCUT2D eigenvalue weighted by Gasteiger charge is -1.93. The van der Waals surface area contributed by atoms with Crippen LogP contribution in [-0.2, 0) is 11.2 Å². The van der Waals surface area contributed by atoms with Crippen molar-refractivity contribution in [1.29, 1.82) is 0 Å². The van der Waals surface area contributed by atoms with Crippen LogP contribution in [0.5, 0.6) is 0 Å². The number of rotatable bonds is 3. The van der Waals surface area contributed by atoms with Gasteiger partial charge in [0.15, 0.2) is 0 Å². The Hall–Kier alpha value is -1.06. The number of aryl methyl sites for hydroxylation is 1. The Morgan fingerprint density at radius 2 is 2.13 bits per heavy atom. The van der Waals surface area contributed by atoms with Crippen LogP contribution in [0.4, 0.5) is 0 Å². The number of carboxylic acids is 1. The second-order valence-electron chi connectivity index (χ2n) is 3.23. The van der Waals surface area contributed by atoms with Crippen molar-refractivity contribution in [3.8, 4) is 0 Å². The third-order valence-electron chi connectivity index (χ3n) is 2.17. The van der Waals surface area contributed by atoms with Gasteiger partial charge in [0.05, 0.1) is 11.4 Å². The maximum Gasteiger partial charge on any atom is 0.303 e. The average Bonchev–Trinajstić information content (AvgIpc) is 2.54. The minimum Gasteiger partial charge on any atom is -0.481 e. The van der Waals surface area contributed by atoms with Gasteiger partial charge in [0, 0.05) is 15.0 Å². The molecule has 0 atom stereocenters. The van der Waals surface area contributed by atoms with Gasteiger partial charge in [-0.15, -0.1) is 11.3 Å². The Balaban J connectivity index is 2.36. The van der Waals surface area contributed by atoms with E-state index in [1.807, 2.05) is 24.3 Å². The first-order valence-electron chi connectivity index (χ1n) is 4.56. The number of thiophene rings is 1. The molecule has 2 aromatic rings. The number of carbonyl (C=O) groups is 1. The van der Waals surface area contributed by atoms with Crippen molar-refractivity contribution >= 4 is 39.0 Å². The number of carboxylic acid groups (broad SMARTS) is 1. The molecule has 2 nitrogen and oxygen atoms in total. The molecule has 0 aliphatic heterocycles. The maximum absolute atomic E-state index is 10.5. The summed E-state index contributed by atoms with van der Waals surface area (Å²) in [7, 11) is 0. The zero-order chi connectivity index (χ0) is 10.8. The maximum atomic E-state index is 10.5. The molecule has 0 saturated carbocycles. The van der Waals surface area contributed by atoms with Gasteiger partial charge in [-0.3, -0.25) is 4.79 Å². The Morgan fingerprint density at radius 3 is 2.80 bits per heavy atom. The van der Waals surface area contributed by atoms with E-state index >= 15 is 0 Å². The van der Waals surface area contributed by atoms with Crippen LogP contribution in [0.2, 0.25) is 5.02 Å². The molecule has 1 aromatic carbocycles. The van der Waals surface area contributed by atoms with E-state index in [0.717, 1.165) is 15.0 Å². The highest BCUT2D eigenvalue weighted by atomic mass is 35.5. The lowest BCUT2D eigenvalue weighted by atomic mass is 10.2. The Morgan fingerprint density at radius 1 is 1.40 bits per heavy atom. The van der Waals surface area contributed by atoms with Crippen molar-refractivity contribution in [3.05, 3.63) is 34.2 Å². The van der Waals surface area contributed by atoms with E-state index in [1.54, 1.807) is 11.3 Å². The molecule has 0 unspecified atom stereocenters. The summed E-state index contributed by atoms with van der Waals surface area (Å²) < 4.78 is 1.11. The van der Waals surface area contributed by atoms with Gasteiger partial charge in [-0.25, -0.2) is 0 Å². The van der Waals surface area contributed by atoms with E-state index in [9.17, 15) is 4.79 Å². The van der Waals surface area contributed by atoms with Gasteiger partial charge in [-0.1, -0.05) is 29.8 Å². The van der Waals surface area contributed by atoms with E-state index < -0.39 is 5.97 Å². The zero-order valence-electron chi connectivity index (χ0n) is 7.87. The van der Waals surface area contributed by atoms with Crippen LogP contribution in [0.15, 0.2) is 24.3 Å². The van der Waals surface area contributed by atoms with E-state index in [0.29, 0.717) is 11.4 Å². The first-order valence-corrected chi connectivity index (χ1v) is 5.75. The summed E-state index contributed by atoms with van der Waals surface area (Å²) in [6.45, 7) is 0. The molecule has 15 heavy (non-hydrogen) atoms. The Labute approximate surface area is 96.1 Å². The summed E-state index contributed by atoms with van der Waals surface area (Å²) >= 11 is 7.73. The van der Waals surface area contributed by atoms with Gasteiger partial charge in [0.25, 0.3) is 0 Å². The summed E-state index contributed by atoms with van der Waals surface area (Å²) in [5, 5.41) is 10.3. The number of benzene rings is 1. The van der Waals surface area contributed by atoms with E-state index in [-0.39, 0.29) is 6.42 Å². The van der Waals surface area contributed by atoms with Gasteiger partial charge < -0.3 is 5.11 Å². The topological polar surface area (TPSA) is 37.3 Å². The molecule has 0 radical (unpaired) electrons. The van der Waals surface area contributed by atoms with Gasteiger partial charge >= 0.3 is 5.97 Å². The molecule has 0 spiro atoms. The molecule has 0 amide bonds. The predicted octanol–water partition coefficient (Wildman–Crippen LogP) is 3.57.